The van der Waals surface area contributed by atoms with Crippen LogP contribution >= 0.6 is 0 Å². The van der Waals surface area contributed by atoms with E-state index in [2.05, 4.69) is 52.4 Å². The van der Waals surface area contributed by atoms with Crippen molar-refractivity contribution in [2.75, 3.05) is 0 Å². The highest BCUT2D eigenvalue weighted by molar-refractivity contribution is 6.95. The first kappa shape index (κ1) is 22.0. The quantitative estimate of drug-likeness (QED) is 0.329. The molecule has 1 saturated heterocycles. The second-order valence-corrected chi connectivity index (χ2v) is 27.0. The molecule has 8 heteroatoms. The Labute approximate surface area is 187 Å². The molecule has 4 bridgehead atoms. The van der Waals surface area contributed by atoms with E-state index in [1.807, 2.05) is 0 Å². The predicted molar refractivity (Wildman–Crippen MR) is 130 cm³/mol. The predicted octanol–water partition coefficient (Wildman–Crippen LogP) is 6.61. The Morgan fingerprint density at radius 3 is 1.33 bits per heavy atom. The van der Waals surface area contributed by atoms with Gasteiger partial charge in [0, 0.05) is 10.1 Å². The van der Waals surface area contributed by atoms with Crippen LogP contribution in [0.3, 0.4) is 0 Å². The van der Waals surface area contributed by atoms with Gasteiger partial charge >= 0.3 is 34.2 Å². The van der Waals surface area contributed by atoms with Gasteiger partial charge in [0.05, 0.1) is 0 Å². The summed E-state index contributed by atoms with van der Waals surface area (Å²) < 4.78 is 28.8. The molecule has 4 unspecified atom stereocenters. The van der Waals surface area contributed by atoms with Crippen molar-refractivity contribution in [3.63, 3.8) is 0 Å². The second kappa shape index (κ2) is 6.40. The van der Waals surface area contributed by atoms with Gasteiger partial charge in [0.25, 0.3) is 0 Å². The summed E-state index contributed by atoms with van der Waals surface area (Å²) >= 11 is 0. The first-order valence-corrected chi connectivity index (χ1v) is 22.2. The van der Waals surface area contributed by atoms with Gasteiger partial charge < -0.3 is 16.5 Å². The zero-order chi connectivity index (χ0) is 21.8. The lowest BCUT2D eigenvalue weighted by molar-refractivity contribution is 0.193. The fourth-order valence-electron chi connectivity index (χ4n) is 8.24. The molecule has 0 aromatic rings. The SMILES string of the molecule is C=C1CC2CCC1([Si]1(C34CCC(CC3=C)C4)O[Si](C)(C)O[Si](C)(C)O[Si](C)(C)O1)C2. The molecule has 5 aliphatic rings. The topological polar surface area (TPSA) is 36.9 Å². The molecule has 4 aliphatic carbocycles. The van der Waals surface area contributed by atoms with Crippen LogP contribution in [-0.2, 0) is 16.5 Å². The summed E-state index contributed by atoms with van der Waals surface area (Å²) in [5, 5.41) is 0.00820. The largest absolute Gasteiger partial charge is 0.416 e. The number of hydrogen-bond acceptors (Lipinski definition) is 4. The summed E-state index contributed by atoms with van der Waals surface area (Å²) in [6, 6.07) is 0. The van der Waals surface area contributed by atoms with Gasteiger partial charge in [-0.1, -0.05) is 24.3 Å². The maximum atomic E-state index is 7.59. The van der Waals surface area contributed by atoms with Gasteiger partial charge in [0.2, 0.25) is 0 Å². The number of rotatable bonds is 2. The van der Waals surface area contributed by atoms with Crippen LogP contribution in [0, 0.1) is 11.8 Å². The summed E-state index contributed by atoms with van der Waals surface area (Å²) in [5.74, 6) is 1.51. The zero-order valence-corrected chi connectivity index (χ0v) is 23.9. The Kier molecular flexibility index (Phi) is 4.70. The highest BCUT2D eigenvalue weighted by Crippen LogP contribution is 2.79. The van der Waals surface area contributed by atoms with Crippen LogP contribution in [0.1, 0.15) is 51.4 Å². The van der Waals surface area contributed by atoms with E-state index in [0.29, 0.717) is 0 Å². The summed E-state index contributed by atoms with van der Waals surface area (Å²) in [7, 11) is -10.1. The molecule has 30 heavy (non-hydrogen) atoms. The van der Waals surface area contributed by atoms with Crippen molar-refractivity contribution in [2.24, 2.45) is 11.8 Å². The molecule has 0 radical (unpaired) electrons. The van der Waals surface area contributed by atoms with E-state index < -0.39 is 34.2 Å². The van der Waals surface area contributed by atoms with Crippen molar-refractivity contribution in [3.8, 4) is 0 Å². The van der Waals surface area contributed by atoms with Crippen LogP contribution in [0.5, 0.6) is 0 Å². The van der Waals surface area contributed by atoms with Gasteiger partial charge in [0.15, 0.2) is 0 Å². The minimum atomic E-state index is -2.88. The fourth-order valence-corrected chi connectivity index (χ4v) is 32.7. The minimum Gasteiger partial charge on any atom is -0.416 e. The van der Waals surface area contributed by atoms with Crippen LogP contribution in [-0.4, -0.2) is 34.2 Å². The molecule has 168 valence electrons. The van der Waals surface area contributed by atoms with Crippen LogP contribution in [0.4, 0.5) is 0 Å². The van der Waals surface area contributed by atoms with E-state index in [4.69, 9.17) is 16.5 Å². The van der Waals surface area contributed by atoms with Crippen molar-refractivity contribution in [1.82, 2.24) is 0 Å². The smallest absolute Gasteiger partial charge is 0.341 e. The van der Waals surface area contributed by atoms with Crippen LogP contribution in [0.15, 0.2) is 24.3 Å². The number of fused-ring (bicyclic) bond motifs is 4. The molecule has 0 aromatic heterocycles. The van der Waals surface area contributed by atoms with E-state index >= 15 is 0 Å². The summed E-state index contributed by atoms with van der Waals surface area (Å²) in [6.07, 6.45) is 9.65. The summed E-state index contributed by atoms with van der Waals surface area (Å²) in [4.78, 5) is 0. The normalized spacial score (nSPS) is 45.5. The van der Waals surface area contributed by atoms with E-state index in [-0.39, 0.29) is 10.1 Å². The van der Waals surface area contributed by atoms with E-state index in [1.54, 1.807) is 0 Å². The summed E-state index contributed by atoms with van der Waals surface area (Å²) in [5.41, 5.74) is 2.82. The molecule has 4 atom stereocenters. The minimum absolute atomic E-state index is 0.00410. The van der Waals surface area contributed by atoms with Gasteiger partial charge in [-0.15, -0.1) is 0 Å². The van der Waals surface area contributed by atoms with Crippen LogP contribution in [0.25, 0.3) is 0 Å². The standard InChI is InChI=1S/C22H40O4Si4/c1-17-13-19-9-11-21(17,15-19)30(22-12-10-20(16-22)14-18(22)2)25-28(5,6)23-27(3,4)24-29(7,8)26-30/h19-20H,1-2,9-16H2,3-8H3. The Balaban J connectivity index is 1.74. The number of allylic oxidation sites excluding steroid dienone is 2. The van der Waals surface area contributed by atoms with Crippen molar-refractivity contribution in [1.29, 1.82) is 0 Å². The molecule has 0 spiro atoms. The molecule has 0 aromatic carbocycles. The maximum absolute atomic E-state index is 7.59. The third kappa shape index (κ3) is 2.94. The third-order valence-electron chi connectivity index (χ3n) is 8.68. The van der Waals surface area contributed by atoms with E-state index in [9.17, 15) is 0 Å². The van der Waals surface area contributed by atoms with Crippen molar-refractivity contribution in [2.45, 2.75) is 101 Å². The van der Waals surface area contributed by atoms with Crippen molar-refractivity contribution >= 4 is 34.2 Å². The molecule has 5 fully saturated rings. The molecule has 4 nitrogen and oxygen atoms in total. The average Bonchev–Trinajstić information content (AvgIpc) is 3.28. The van der Waals surface area contributed by atoms with Crippen molar-refractivity contribution in [3.05, 3.63) is 24.3 Å². The van der Waals surface area contributed by atoms with Gasteiger partial charge in [0.1, 0.15) is 0 Å². The summed E-state index contributed by atoms with van der Waals surface area (Å²) in [6.45, 7) is 22.6. The van der Waals surface area contributed by atoms with Crippen LogP contribution in [0.2, 0.25) is 49.4 Å². The van der Waals surface area contributed by atoms with Crippen molar-refractivity contribution < 1.29 is 16.5 Å². The zero-order valence-electron chi connectivity index (χ0n) is 19.9. The average molecular weight is 481 g/mol. The van der Waals surface area contributed by atoms with Gasteiger partial charge in [-0.2, -0.15) is 0 Å². The van der Waals surface area contributed by atoms with Gasteiger partial charge in [-0.3, -0.25) is 0 Å². The van der Waals surface area contributed by atoms with Gasteiger partial charge in [-0.05, 0) is 102 Å². The lowest BCUT2D eigenvalue weighted by atomic mass is 9.94. The number of hydrogen-bond donors (Lipinski definition) is 0. The second-order valence-electron chi connectivity index (χ2n) is 12.2. The first-order chi connectivity index (χ1) is 13.7. The molecule has 0 N–H and O–H groups in total. The Bertz CT molecular complexity index is 745. The lowest BCUT2D eigenvalue weighted by Gasteiger charge is -2.60. The molecular weight excluding hydrogens is 441 g/mol. The highest BCUT2D eigenvalue weighted by atomic mass is 28.5. The molecule has 0 amide bonds. The lowest BCUT2D eigenvalue weighted by Crippen LogP contribution is -2.73. The van der Waals surface area contributed by atoms with Gasteiger partial charge in [-0.25, -0.2) is 0 Å². The monoisotopic (exact) mass is 480 g/mol. The maximum Gasteiger partial charge on any atom is 0.341 e. The molecular formula is C22H40O4Si4. The molecule has 5 rings (SSSR count). The van der Waals surface area contributed by atoms with E-state index in [1.165, 1.54) is 49.7 Å². The van der Waals surface area contributed by atoms with E-state index in [0.717, 1.165) is 24.7 Å². The molecule has 1 heterocycles. The highest BCUT2D eigenvalue weighted by Gasteiger charge is 2.78. The van der Waals surface area contributed by atoms with Crippen LogP contribution < -0.4 is 0 Å². The Morgan fingerprint density at radius 1 is 0.667 bits per heavy atom. The first-order valence-electron chi connectivity index (χ1n) is 11.9. The Morgan fingerprint density at radius 2 is 1.03 bits per heavy atom. The molecule has 1 aliphatic heterocycles. The third-order valence-corrected chi connectivity index (χ3v) is 26.9. The molecule has 4 saturated carbocycles. The fraction of sp³-hybridized carbons (Fsp3) is 0.818. The Hall–Kier alpha value is 0.188.